The first kappa shape index (κ1) is 17.7. The molecule has 2 rings (SSSR count). The topological polar surface area (TPSA) is 49.8 Å². The van der Waals surface area contributed by atoms with Gasteiger partial charge in [0.15, 0.2) is 5.60 Å². The summed E-state index contributed by atoms with van der Waals surface area (Å²) in [5, 5.41) is 9.01. The SMILES string of the molecule is CC1(C)CN(Cc2cccc(C(=O)O)c2)CC(C)(C(F)(F)F)O1. The van der Waals surface area contributed by atoms with Crippen LogP contribution in [0.2, 0.25) is 0 Å². The summed E-state index contributed by atoms with van der Waals surface area (Å²) in [6.07, 6.45) is -4.48. The fraction of sp³-hybridized carbons (Fsp3) is 0.562. The van der Waals surface area contributed by atoms with Crippen molar-refractivity contribution < 1.29 is 27.8 Å². The lowest BCUT2D eigenvalue weighted by Crippen LogP contribution is -2.63. The van der Waals surface area contributed by atoms with Gasteiger partial charge in [0.1, 0.15) is 0 Å². The minimum atomic E-state index is -4.48. The Kier molecular flexibility index (Phi) is 4.47. The van der Waals surface area contributed by atoms with Crippen molar-refractivity contribution >= 4 is 5.97 Å². The molecule has 1 aliphatic rings. The van der Waals surface area contributed by atoms with Gasteiger partial charge in [0, 0.05) is 19.6 Å². The molecule has 1 atom stereocenters. The number of aromatic carboxylic acids is 1. The normalized spacial score (nSPS) is 25.3. The number of hydrogen-bond acceptors (Lipinski definition) is 3. The van der Waals surface area contributed by atoms with Gasteiger partial charge >= 0.3 is 12.1 Å². The Labute approximate surface area is 132 Å². The van der Waals surface area contributed by atoms with E-state index in [1.54, 1.807) is 30.9 Å². The number of carbonyl (C=O) groups is 1. The third kappa shape index (κ3) is 4.03. The van der Waals surface area contributed by atoms with Crippen LogP contribution in [0.3, 0.4) is 0 Å². The van der Waals surface area contributed by atoms with E-state index in [-0.39, 0.29) is 18.7 Å². The maximum atomic E-state index is 13.3. The fourth-order valence-electron chi connectivity index (χ4n) is 3.02. The van der Waals surface area contributed by atoms with E-state index in [0.29, 0.717) is 12.1 Å². The highest BCUT2D eigenvalue weighted by molar-refractivity contribution is 5.87. The Balaban J connectivity index is 2.22. The second-order valence-corrected chi connectivity index (χ2v) is 6.74. The van der Waals surface area contributed by atoms with Gasteiger partial charge in [0.25, 0.3) is 0 Å². The summed E-state index contributed by atoms with van der Waals surface area (Å²) in [4.78, 5) is 12.7. The van der Waals surface area contributed by atoms with Crippen LogP contribution < -0.4 is 0 Å². The van der Waals surface area contributed by atoms with Crippen LogP contribution in [0.1, 0.15) is 36.7 Å². The number of ether oxygens (including phenoxy) is 1. The summed E-state index contributed by atoms with van der Waals surface area (Å²) in [6, 6.07) is 6.23. The maximum Gasteiger partial charge on any atom is 0.418 e. The predicted molar refractivity (Wildman–Crippen MR) is 78.3 cm³/mol. The van der Waals surface area contributed by atoms with Gasteiger partial charge in [-0.3, -0.25) is 4.90 Å². The quantitative estimate of drug-likeness (QED) is 0.923. The molecular formula is C16H20F3NO3. The second kappa shape index (κ2) is 5.79. The first-order valence-corrected chi connectivity index (χ1v) is 7.23. The summed E-state index contributed by atoms with van der Waals surface area (Å²) in [7, 11) is 0. The fourth-order valence-corrected chi connectivity index (χ4v) is 3.02. The molecule has 4 nitrogen and oxygen atoms in total. The summed E-state index contributed by atoms with van der Waals surface area (Å²) in [5.41, 5.74) is -2.42. The van der Waals surface area contributed by atoms with E-state index in [1.807, 2.05) is 0 Å². The van der Waals surface area contributed by atoms with E-state index < -0.39 is 23.3 Å². The number of alkyl halides is 3. The molecule has 1 heterocycles. The maximum absolute atomic E-state index is 13.3. The number of benzene rings is 1. The molecule has 128 valence electrons. The number of carboxylic acids is 1. The van der Waals surface area contributed by atoms with Gasteiger partial charge in [-0.25, -0.2) is 4.79 Å². The molecule has 1 saturated heterocycles. The lowest BCUT2D eigenvalue weighted by molar-refractivity contribution is -0.323. The highest BCUT2D eigenvalue weighted by atomic mass is 19.4. The van der Waals surface area contributed by atoms with Crippen LogP contribution >= 0.6 is 0 Å². The van der Waals surface area contributed by atoms with Crippen molar-refractivity contribution in [2.75, 3.05) is 13.1 Å². The van der Waals surface area contributed by atoms with Gasteiger partial charge in [0.05, 0.1) is 11.2 Å². The highest BCUT2D eigenvalue weighted by Crippen LogP contribution is 2.40. The molecule has 0 spiro atoms. The molecule has 1 aliphatic heterocycles. The number of morpholine rings is 1. The van der Waals surface area contributed by atoms with Crippen LogP contribution in [0.5, 0.6) is 0 Å². The molecule has 1 fully saturated rings. The lowest BCUT2D eigenvalue weighted by atomic mass is 9.96. The van der Waals surface area contributed by atoms with E-state index >= 15 is 0 Å². The molecule has 0 radical (unpaired) electrons. The van der Waals surface area contributed by atoms with Gasteiger partial charge in [0.2, 0.25) is 0 Å². The zero-order chi connectivity index (χ0) is 17.5. The number of carboxylic acid groups (broad SMARTS) is 1. The second-order valence-electron chi connectivity index (χ2n) is 6.74. The van der Waals surface area contributed by atoms with Crippen molar-refractivity contribution in [3.63, 3.8) is 0 Å². The minimum absolute atomic E-state index is 0.119. The van der Waals surface area contributed by atoms with E-state index in [1.165, 1.54) is 12.1 Å². The first-order chi connectivity index (χ1) is 10.4. The number of hydrogen-bond donors (Lipinski definition) is 1. The Morgan fingerprint density at radius 1 is 1.30 bits per heavy atom. The zero-order valence-corrected chi connectivity index (χ0v) is 13.3. The van der Waals surface area contributed by atoms with Gasteiger partial charge in [-0.2, -0.15) is 13.2 Å². The van der Waals surface area contributed by atoms with Crippen molar-refractivity contribution in [2.24, 2.45) is 0 Å². The van der Waals surface area contributed by atoms with E-state index in [4.69, 9.17) is 9.84 Å². The van der Waals surface area contributed by atoms with Crippen LogP contribution in [0, 0.1) is 0 Å². The van der Waals surface area contributed by atoms with Crippen LogP contribution in [0.4, 0.5) is 13.2 Å². The lowest BCUT2D eigenvalue weighted by Gasteiger charge is -2.49. The Hall–Kier alpha value is -1.60. The molecular weight excluding hydrogens is 311 g/mol. The molecule has 0 bridgehead atoms. The summed E-state index contributed by atoms with van der Waals surface area (Å²) >= 11 is 0. The summed E-state index contributed by atoms with van der Waals surface area (Å²) in [6.45, 7) is 4.56. The van der Waals surface area contributed by atoms with Crippen molar-refractivity contribution in [2.45, 2.75) is 44.7 Å². The molecule has 1 N–H and O–H groups in total. The van der Waals surface area contributed by atoms with Crippen LogP contribution in [-0.4, -0.2) is 46.4 Å². The predicted octanol–water partition coefficient (Wildman–Crippen LogP) is 3.32. The average Bonchev–Trinajstić information content (AvgIpc) is 2.35. The van der Waals surface area contributed by atoms with Crippen molar-refractivity contribution in [1.29, 1.82) is 0 Å². The molecule has 0 saturated carbocycles. The first-order valence-electron chi connectivity index (χ1n) is 7.23. The molecule has 0 aliphatic carbocycles. The molecule has 1 aromatic rings. The standard InChI is InChI=1S/C16H20F3NO3/c1-14(2)9-20(10-15(3,23-14)16(17,18)19)8-11-5-4-6-12(7-11)13(21)22/h4-7H,8-10H2,1-3H3,(H,21,22). The molecule has 1 aromatic carbocycles. The number of halogens is 3. The minimum Gasteiger partial charge on any atom is -0.478 e. The molecule has 0 aromatic heterocycles. The van der Waals surface area contributed by atoms with Crippen molar-refractivity contribution in [1.82, 2.24) is 4.90 Å². The highest BCUT2D eigenvalue weighted by Gasteiger charge is 2.57. The molecule has 1 unspecified atom stereocenters. The zero-order valence-electron chi connectivity index (χ0n) is 13.3. The van der Waals surface area contributed by atoms with Crippen LogP contribution in [0.15, 0.2) is 24.3 Å². The van der Waals surface area contributed by atoms with E-state index in [2.05, 4.69) is 0 Å². The molecule has 23 heavy (non-hydrogen) atoms. The third-order valence-electron chi connectivity index (χ3n) is 3.81. The number of nitrogens with zero attached hydrogens (tertiary/aromatic N) is 1. The Morgan fingerprint density at radius 2 is 1.96 bits per heavy atom. The van der Waals surface area contributed by atoms with E-state index in [9.17, 15) is 18.0 Å². The average molecular weight is 331 g/mol. The van der Waals surface area contributed by atoms with Crippen molar-refractivity contribution in [3.05, 3.63) is 35.4 Å². The smallest absolute Gasteiger partial charge is 0.418 e. The van der Waals surface area contributed by atoms with Gasteiger partial charge in [-0.1, -0.05) is 12.1 Å². The van der Waals surface area contributed by atoms with Gasteiger partial charge in [-0.15, -0.1) is 0 Å². The number of rotatable bonds is 3. The largest absolute Gasteiger partial charge is 0.478 e. The van der Waals surface area contributed by atoms with E-state index in [0.717, 1.165) is 6.92 Å². The van der Waals surface area contributed by atoms with Gasteiger partial charge in [-0.05, 0) is 38.5 Å². The summed E-state index contributed by atoms with van der Waals surface area (Å²) < 4.78 is 45.3. The monoisotopic (exact) mass is 331 g/mol. The van der Waals surface area contributed by atoms with Crippen LogP contribution in [-0.2, 0) is 11.3 Å². The van der Waals surface area contributed by atoms with Crippen molar-refractivity contribution in [3.8, 4) is 0 Å². The molecule has 0 amide bonds. The summed E-state index contributed by atoms with van der Waals surface area (Å²) in [5.74, 6) is -1.06. The Morgan fingerprint density at radius 3 is 2.52 bits per heavy atom. The molecule has 7 heteroatoms. The third-order valence-corrected chi connectivity index (χ3v) is 3.81. The van der Waals surface area contributed by atoms with Crippen LogP contribution in [0.25, 0.3) is 0 Å². The van der Waals surface area contributed by atoms with Gasteiger partial charge < -0.3 is 9.84 Å². The Bertz CT molecular complexity index is 600.